The van der Waals surface area contributed by atoms with Gasteiger partial charge in [0.1, 0.15) is 17.6 Å². The molecule has 2 aromatic carbocycles. The third kappa shape index (κ3) is 3.12. The molecule has 100 valence electrons. The molecule has 20 heavy (non-hydrogen) atoms. The molecule has 0 aliphatic carbocycles. The van der Waals surface area contributed by atoms with Gasteiger partial charge in [-0.15, -0.1) is 0 Å². The monoisotopic (exact) mass is 270 g/mol. The van der Waals surface area contributed by atoms with Crippen molar-refractivity contribution in [3.8, 4) is 11.8 Å². The number of amides is 1. The molecule has 5 heteroatoms. The summed E-state index contributed by atoms with van der Waals surface area (Å²) in [6.07, 6.45) is 0. The maximum Gasteiger partial charge on any atom is 0.258 e. The van der Waals surface area contributed by atoms with Crippen LogP contribution in [0.5, 0.6) is 5.75 Å². The van der Waals surface area contributed by atoms with E-state index in [-0.39, 0.29) is 12.2 Å². The number of rotatable bonds is 4. The summed E-state index contributed by atoms with van der Waals surface area (Å²) in [5.74, 6) is -0.810. The van der Waals surface area contributed by atoms with Crippen molar-refractivity contribution >= 4 is 11.6 Å². The van der Waals surface area contributed by atoms with Gasteiger partial charge >= 0.3 is 0 Å². The molecular formula is C15H11FN2O2. The molecule has 2 rings (SSSR count). The lowest BCUT2D eigenvalue weighted by atomic mass is 10.2. The van der Waals surface area contributed by atoms with Gasteiger partial charge in [-0.2, -0.15) is 5.26 Å². The van der Waals surface area contributed by atoms with Crippen LogP contribution in [0.1, 0.15) is 10.4 Å². The van der Waals surface area contributed by atoms with Gasteiger partial charge in [0.05, 0.1) is 11.3 Å². The largest absolute Gasteiger partial charge is 0.477 e. The fourth-order valence-corrected chi connectivity index (χ4v) is 1.64. The van der Waals surface area contributed by atoms with Crippen molar-refractivity contribution in [1.82, 2.24) is 0 Å². The van der Waals surface area contributed by atoms with E-state index >= 15 is 0 Å². The molecule has 0 unspecified atom stereocenters. The predicted molar refractivity (Wildman–Crippen MR) is 71.9 cm³/mol. The number of anilines is 1. The number of carbonyl (C=O) groups is 1. The van der Waals surface area contributed by atoms with E-state index in [1.807, 2.05) is 6.07 Å². The highest BCUT2D eigenvalue weighted by atomic mass is 19.1. The number of ether oxygens (including phenoxy) is 1. The fourth-order valence-electron chi connectivity index (χ4n) is 1.64. The number of para-hydroxylation sites is 2. The number of nitrogens with one attached hydrogen (secondary N) is 1. The molecule has 0 radical (unpaired) electrons. The summed E-state index contributed by atoms with van der Waals surface area (Å²) in [4.78, 5) is 12.0. The van der Waals surface area contributed by atoms with Crippen LogP contribution in [0.3, 0.4) is 0 Å². The van der Waals surface area contributed by atoms with Gasteiger partial charge < -0.3 is 10.1 Å². The van der Waals surface area contributed by atoms with Gasteiger partial charge in [-0.05, 0) is 24.3 Å². The maximum absolute atomic E-state index is 13.5. The van der Waals surface area contributed by atoms with Crippen LogP contribution in [-0.4, -0.2) is 12.5 Å². The Hall–Kier alpha value is -2.87. The van der Waals surface area contributed by atoms with Crippen LogP contribution in [0.4, 0.5) is 10.1 Å². The lowest BCUT2D eigenvalue weighted by molar-refractivity contribution is 0.102. The third-order valence-corrected chi connectivity index (χ3v) is 2.55. The lowest BCUT2D eigenvalue weighted by Gasteiger charge is -2.10. The fraction of sp³-hybridized carbons (Fsp3) is 0.0667. The minimum Gasteiger partial charge on any atom is -0.477 e. The molecule has 0 fully saturated rings. The summed E-state index contributed by atoms with van der Waals surface area (Å²) in [5.41, 5.74) is 0.332. The van der Waals surface area contributed by atoms with Crippen molar-refractivity contribution in [3.63, 3.8) is 0 Å². The molecular weight excluding hydrogens is 259 g/mol. The first-order valence-corrected chi connectivity index (χ1v) is 5.87. The van der Waals surface area contributed by atoms with Crippen molar-refractivity contribution in [2.75, 3.05) is 11.9 Å². The van der Waals surface area contributed by atoms with Crippen LogP contribution in [-0.2, 0) is 0 Å². The second-order valence-corrected chi connectivity index (χ2v) is 3.88. The molecule has 0 heterocycles. The zero-order chi connectivity index (χ0) is 14.4. The van der Waals surface area contributed by atoms with Crippen LogP contribution < -0.4 is 10.1 Å². The summed E-state index contributed by atoms with van der Waals surface area (Å²) >= 11 is 0. The molecule has 0 bridgehead atoms. The average Bonchev–Trinajstić information content (AvgIpc) is 2.46. The summed E-state index contributed by atoms with van der Waals surface area (Å²) in [5, 5.41) is 11.1. The van der Waals surface area contributed by atoms with E-state index in [1.54, 1.807) is 30.3 Å². The highest BCUT2D eigenvalue weighted by molar-refractivity contribution is 6.05. The zero-order valence-corrected chi connectivity index (χ0v) is 10.5. The Kier molecular flexibility index (Phi) is 4.30. The first-order valence-electron chi connectivity index (χ1n) is 5.87. The molecule has 0 spiro atoms. The molecule has 4 nitrogen and oxygen atoms in total. The lowest BCUT2D eigenvalue weighted by Crippen LogP contribution is -2.14. The predicted octanol–water partition coefficient (Wildman–Crippen LogP) is 2.98. The van der Waals surface area contributed by atoms with Crippen molar-refractivity contribution < 1.29 is 13.9 Å². The number of carbonyl (C=O) groups excluding carboxylic acids is 1. The summed E-state index contributed by atoms with van der Waals surface area (Å²) in [7, 11) is 0. The van der Waals surface area contributed by atoms with E-state index in [2.05, 4.69) is 5.32 Å². The number of benzene rings is 2. The first kappa shape index (κ1) is 13.6. The van der Waals surface area contributed by atoms with Crippen molar-refractivity contribution in [2.24, 2.45) is 0 Å². The SMILES string of the molecule is N#CCOc1ccccc1NC(=O)c1ccccc1F. The molecule has 0 saturated heterocycles. The third-order valence-electron chi connectivity index (χ3n) is 2.55. The second kappa shape index (κ2) is 6.34. The van der Waals surface area contributed by atoms with E-state index in [4.69, 9.17) is 10.00 Å². The van der Waals surface area contributed by atoms with Crippen molar-refractivity contribution in [1.29, 1.82) is 5.26 Å². The van der Waals surface area contributed by atoms with E-state index in [9.17, 15) is 9.18 Å². The van der Waals surface area contributed by atoms with Crippen molar-refractivity contribution in [2.45, 2.75) is 0 Å². The van der Waals surface area contributed by atoms with Crippen LogP contribution in [0.2, 0.25) is 0 Å². The Morgan fingerprint density at radius 3 is 2.65 bits per heavy atom. The van der Waals surface area contributed by atoms with Gasteiger partial charge in [-0.3, -0.25) is 4.79 Å². The van der Waals surface area contributed by atoms with E-state index < -0.39 is 11.7 Å². The number of hydrogen-bond acceptors (Lipinski definition) is 3. The Morgan fingerprint density at radius 2 is 1.90 bits per heavy atom. The van der Waals surface area contributed by atoms with Gasteiger partial charge in [0.2, 0.25) is 0 Å². The van der Waals surface area contributed by atoms with Gasteiger partial charge in [0, 0.05) is 0 Å². The number of nitriles is 1. The number of hydrogen-bond donors (Lipinski definition) is 1. The van der Waals surface area contributed by atoms with Gasteiger partial charge in [0.15, 0.2) is 6.61 Å². The van der Waals surface area contributed by atoms with Gasteiger partial charge in [-0.25, -0.2) is 4.39 Å². The first-order chi connectivity index (χ1) is 9.72. The highest BCUT2D eigenvalue weighted by Gasteiger charge is 2.13. The quantitative estimate of drug-likeness (QED) is 0.929. The topological polar surface area (TPSA) is 62.1 Å². The van der Waals surface area contributed by atoms with Crippen LogP contribution in [0, 0.1) is 17.1 Å². The Morgan fingerprint density at radius 1 is 1.20 bits per heavy atom. The highest BCUT2D eigenvalue weighted by Crippen LogP contribution is 2.24. The second-order valence-electron chi connectivity index (χ2n) is 3.88. The molecule has 0 aromatic heterocycles. The average molecular weight is 270 g/mol. The van der Waals surface area contributed by atoms with Gasteiger partial charge in [-0.1, -0.05) is 24.3 Å². The maximum atomic E-state index is 13.5. The molecule has 1 N–H and O–H groups in total. The molecule has 2 aromatic rings. The smallest absolute Gasteiger partial charge is 0.258 e. The summed E-state index contributed by atoms with van der Waals surface area (Å²) in [6.45, 7) is -0.132. The Bertz CT molecular complexity index is 665. The summed E-state index contributed by atoms with van der Waals surface area (Å²) in [6, 6.07) is 14.2. The zero-order valence-electron chi connectivity index (χ0n) is 10.5. The molecule has 0 aliphatic heterocycles. The van der Waals surface area contributed by atoms with E-state index in [0.717, 1.165) is 0 Å². The van der Waals surface area contributed by atoms with Crippen LogP contribution >= 0.6 is 0 Å². The van der Waals surface area contributed by atoms with Crippen LogP contribution in [0.15, 0.2) is 48.5 Å². The van der Waals surface area contributed by atoms with E-state index in [0.29, 0.717) is 11.4 Å². The summed E-state index contributed by atoms with van der Waals surface area (Å²) < 4.78 is 18.7. The van der Waals surface area contributed by atoms with E-state index in [1.165, 1.54) is 18.2 Å². The Labute approximate surface area is 115 Å². The number of halogens is 1. The Balaban J connectivity index is 2.20. The molecule has 0 aliphatic rings. The number of nitrogens with zero attached hydrogens (tertiary/aromatic N) is 1. The van der Waals surface area contributed by atoms with Crippen LogP contribution in [0.25, 0.3) is 0 Å². The minimum atomic E-state index is -0.597. The molecule has 1 amide bonds. The normalized spacial score (nSPS) is 9.60. The van der Waals surface area contributed by atoms with Gasteiger partial charge in [0.25, 0.3) is 5.91 Å². The molecule has 0 atom stereocenters. The molecule has 0 saturated carbocycles. The van der Waals surface area contributed by atoms with Crippen molar-refractivity contribution in [3.05, 3.63) is 59.9 Å². The standard InChI is InChI=1S/C15H11FN2O2/c16-12-6-2-1-5-11(12)15(19)18-13-7-3-4-8-14(13)20-10-9-17/h1-8H,10H2,(H,18,19). The minimum absolute atomic E-state index is 0.0532.